The summed E-state index contributed by atoms with van der Waals surface area (Å²) in [5.41, 5.74) is 11.5. The third kappa shape index (κ3) is 4.33. The van der Waals surface area contributed by atoms with Crippen molar-refractivity contribution in [2.75, 3.05) is 18.9 Å². The SMILES string of the molecule is CC(C)Oc1ccc(-c2nnc(-c3cccc4c3CCC[C@@H]4NCCO)s2)cc1N. The molecular weight excluding hydrogens is 396 g/mol. The second kappa shape index (κ2) is 9.12. The lowest BCUT2D eigenvalue weighted by Gasteiger charge is -2.27. The van der Waals surface area contributed by atoms with Crippen LogP contribution < -0.4 is 15.8 Å². The summed E-state index contributed by atoms with van der Waals surface area (Å²) in [5, 5.41) is 23.3. The predicted octanol–water partition coefficient (Wildman–Crippen LogP) is 4.20. The Hall–Kier alpha value is -2.48. The lowest BCUT2D eigenvalue weighted by molar-refractivity contribution is 0.244. The van der Waals surface area contributed by atoms with Crippen molar-refractivity contribution in [3.05, 3.63) is 47.5 Å². The third-order valence-corrected chi connectivity index (χ3v) is 6.29. The lowest BCUT2D eigenvalue weighted by Crippen LogP contribution is -2.27. The average Bonchev–Trinajstić information content (AvgIpc) is 3.23. The zero-order valence-corrected chi connectivity index (χ0v) is 18.2. The fourth-order valence-electron chi connectivity index (χ4n) is 3.99. The molecule has 0 radical (unpaired) electrons. The summed E-state index contributed by atoms with van der Waals surface area (Å²) in [6.07, 6.45) is 3.31. The number of nitrogens with zero attached hydrogens (tertiary/aromatic N) is 2. The molecule has 0 fully saturated rings. The van der Waals surface area contributed by atoms with Crippen molar-refractivity contribution >= 4 is 17.0 Å². The maximum atomic E-state index is 9.17. The number of aliphatic hydroxyl groups is 1. The summed E-state index contributed by atoms with van der Waals surface area (Å²) >= 11 is 1.58. The minimum atomic E-state index is 0.0752. The molecule has 158 valence electrons. The van der Waals surface area contributed by atoms with Crippen molar-refractivity contribution < 1.29 is 9.84 Å². The summed E-state index contributed by atoms with van der Waals surface area (Å²) < 4.78 is 5.73. The molecule has 0 amide bonds. The van der Waals surface area contributed by atoms with Gasteiger partial charge in [0.25, 0.3) is 0 Å². The van der Waals surface area contributed by atoms with Crippen molar-refractivity contribution in [3.63, 3.8) is 0 Å². The Kier molecular flexibility index (Phi) is 6.32. The maximum Gasteiger partial charge on any atom is 0.148 e. The smallest absolute Gasteiger partial charge is 0.148 e. The van der Waals surface area contributed by atoms with Gasteiger partial charge in [0.05, 0.1) is 18.4 Å². The van der Waals surface area contributed by atoms with Gasteiger partial charge in [0.1, 0.15) is 15.8 Å². The number of rotatable bonds is 7. The summed E-state index contributed by atoms with van der Waals surface area (Å²) in [5.74, 6) is 0.692. The van der Waals surface area contributed by atoms with Gasteiger partial charge >= 0.3 is 0 Å². The largest absolute Gasteiger partial charge is 0.489 e. The minimum absolute atomic E-state index is 0.0752. The molecule has 1 atom stereocenters. The first-order chi connectivity index (χ1) is 14.6. The molecule has 1 aliphatic carbocycles. The second-order valence-corrected chi connectivity index (χ2v) is 8.80. The fraction of sp³-hybridized carbons (Fsp3) is 0.391. The van der Waals surface area contributed by atoms with E-state index in [0.717, 1.165) is 40.4 Å². The first kappa shape index (κ1) is 20.8. The molecule has 6 nitrogen and oxygen atoms in total. The molecule has 3 aromatic rings. The topological polar surface area (TPSA) is 93.3 Å². The Morgan fingerprint density at radius 3 is 2.83 bits per heavy atom. The number of benzene rings is 2. The van der Waals surface area contributed by atoms with Crippen LogP contribution in [0.4, 0.5) is 5.69 Å². The number of ether oxygens (including phenoxy) is 1. The highest BCUT2D eigenvalue weighted by molar-refractivity contribution is 7.17. The van der Waals surface area contributed by atoms with E-state index in [4.69, 9.17) is 10.5 Å². The van der Waals surface area contributed by atoms with E-state index in [1.807, 2.05) is 32.0 Å². The van der Waals surface area contributed by atoms with Gasteiger partial charge in [0, 0.05) is 23.7 Å². The van der Waals surface area contributed by atoms with Crippen molar-refractivity contribution in [1.82, 2.24) is 15.5 Å². The number of hydrogen-bond acceptors (Lipinski definition) is 7. The van der Waals surface area contributed by atoms with Gasteiger partial charge in [-0.25, -0.2) is 0 Å². The van der Waals surface area contributed by atoms with E-state index in [-0.39, 0.29) is 18.8 Å². The molecule has 1 aliphatic rings. The normalized spacial score (nSPS) is 15.9. The van der Waals surface area contributed by atoms with Crippen LogP contribution in [-0.4, -0.2) is 34.6 Å². The highest BCUT2D eigenvalue weighted by atomic mass is 32.1. The van der Waals surface area contributed by atoms with E-state index in [2.05, 4.69) is 33.7 Å². The zero-order chi connectivity index (χ0) is 21.1. The summed E-state index contributed by atoms with van der Waals surface area (Å²) in [7, 11) is 0. The monoisotopic (exact) mass is 424 g/mol. The van der Waals surface area contributed by atoms with Gasteiger partial charge in [0.15, 0.2) is 0 Å². The van der Waals surface area contributed by atoms with Gasteiger partial charge in [-0.05, 0) is 62.4 Å². The maximum absolute atomic E-state index is 9.17. The minimum Gasteiger partial charge on any atom is -0.489 e. The number of nitrogen functional groups attached to an aromatic ring is 1. The molecule has 0 spiro atoms. The van der Waals surface area contributed by atoms with Gasteiger partial charge in [-0.2, -0.15) is 0 Å². The molecule has 4 rings (SSSR count). The number of nitrogens with one attached hydrogen (secondary N) is 1. The molecule has 0 saturated heterocycles. The van der Waals surface area contributed by atoms with Gasteiger partial charge in [-0.1, -0.05) is 29.5 Å². The van der Waals surface area contributed by atoms with Crippen LogP contribution in [0, 0.1) is 0 Å². The van der Waals surface area contributed by atoms with Crippen LogP contribution in [-0.2, 0) is 6.42 Å². The van der Waals surface area contributed by atoms with Crippen LogP contribution in [0.15, 0.2) is 36.4 Å². The summed E-state index contributed by atoms with van der Waals surface area (Å²) in [4.78, 5) is 0. The van der Waals surface area contributed by atoms with Gasteiger partial charge < -0.3 is 20.9 Å². The summed E-state index contributed by atoms with van der Waals surface area (Å²) in [6, 6.07) is 12.5. The van der Waals surface area contributed by atoms with E-state index in [0.29, 0.717) is 18.0 Å². The zero-order valence-electron chi connectivity index (χ0n) is 17.4. The molecule has 0 bridgehead atoms. The Bertz CT molecular complexity index is 1020. The number of nitrogens with two attached hydrogens (primary N) is 1. The fourth-order valence-corrected chi connectivity index (χ4v) is 4.88. The van der Waals surface area contributed by atoms with Gasteiger partial charge in [-0.3, -0.25) is 0 Å². The first-order valence-electron chi connectivity index (χ1n) is 10.4. The van der Waals surface area contributed by atoms with Crippen molar-refractivity contribution in [1.29, 1.82) is 0 Å². The van der Waals surface area contributed by atoms with E-state index in [9.17, 15) is 5.11 Å². The highest BCUT2D eigenvalue weighted by Crippen LogP contribution is 2.39. The molecule has 0 aliphatic heterocycles. The van der Waals surface area contributed by atoms with Gasteiger partial charge in [0.2, 0.25) is 0 Å². The standard InChI is InChI=1S/C23H28N4O2S/c1-14(2)29-21-10-9-15(13-19(21)24)22-26-27-23(30-22)18-7-3-6-17-16(18)5-4-8-20(17)25-11-12-28/h3,6-7,9-10,13-14,20,25,28H,4-5,8,11-12,24H2,1-2H3/t20-/m0/s1. The van der Waals surface area contributed by atoms with Crippen molar-refractivity contribution in [2.45, 2.75) is 45.3 Å². The molecule has 0 saturated carbocycles. The van der Waals surface area contributed by atoms with Crippen LogP contribution in [0.5, 0.6) is 5.75 Å². The Morgan fingerprint density at radius 2 is 2.07 bits per heavy atom. The predicted molar refractivity (Wildman–Crippen MR) is 122 cm³/mol. The highest BCUT2D eigenvalue weighted by Gasteiger charge is 2.23. The number of aromatic nitrogens is 2. The molecule has 4 N–H and O–H groups in total. The van der Waals surface area contributed by atoms with Crippen LogP contribution in [0.25, 0.3) is 21.1 Å². The Morgan fingerprint density at radius 1 is 1.23 bits per heavy atom. The van der Waals surface area contributed by atoms with Crippen LogP contribution in [0.2, 0.25) is 0 Å². The number of hydrogen-bond donors (Lipinski definition) is 3. The van der Waals surface area contributed by atoms with E-state index in [1.165, 1.54) is 11.1 Å². The number of anilines is 1. The van der Waals surface area contributed by atoms with Gasteiger partial charge in [-0.15, -0.1) is 10.2 Å². The molecule has 1 heterocycles. The number of fused-ring (bicyclic) bond motifs is 1. The van der Waals surface area contributed by atoms with E-state index >= 15 is 0 Å². The van der Waals surface area contributed by atoms with Crippen molar-refractivity contribution in [3.8, 4) is 26.9 Å². The molecule has 0 unspecified atom stereocenters. The quantitative estimate of drug-likeness (QED) is 0.492. The average molecular weight is 425 g/mol. The number of aliphatic hydroxyl groups excluding tert-OH is 1. The van der Waals surface area contributed by atoms with Crippen LogP contribution in [0.3, 0.4) is 0 Å². The van der Waals surface area contributed by atoms with Crippen LogP contribution in [0.1, 0.15) is 43.9 Å². The van der Waals surface area contributed by atoms with Crippen LogP contribution >= 0.6 is 11.3 Å². The molecular formula is C23H28N4O2S. The van der Waals surface area contributed by atoms with E-state index in [1.54, 1.807) is 11.3 Å². The molecule has 30 heavy (non-hydrogen) atoms. The molecule has 7 heteroatoms. The van der Waals surface area contributed by atoms with E-state index < -0.39 is 0 Å². The summed E-state index contributed by atoms with van der Waals surface area (Å²) in [6.45, 7) is 4.72. The first-order valence-corrected chi connectivity index (χ1v) is 11.2. The third-order valence-electron chi connectivity index (χ3n) is 5.28. The second-order valence-electron chi connectivity index (χ2n) is 7.83. The van der Waals surface area contributed by atoms with Crippen molar-refractivity contribution in [2.24, 2.45) is 0 Å². The molecule has 1 aromatic heterocycles. The Balaban J connectivity index is 1.63. The molecule has 2 aromatic carbocycles. The Labute approximate surface area is 181 Å². The lowest BCUT2D eigenvalue weighted by atomic mass is 9.85.